The van der Waals surface area contributed by atoms with E-state index in [-0.39, 0.29) is 12.5 Å². The van der Waals surface area contributed by atoms with Gasteiger partial charge in [-0.1, -0.05) is 13.8 Å². The molecule has 1 aliphatic heterocycles. The van der Waals surface area contributed by atoms with Gasteiger partial charge in [-0.25, -0.2) is 4.79 Å². The maximum atomic E-state index is 12.0. The standard InChI is InChI=1S/C14H25NO4/c1-9(2)10-6-7-15(8-11(10)12(16)17)13(18)19-14(3,4)5/h9-11H,6-8H2,1-5H3,(H,16,17)/t10-,11-/m0/s1. The van der Waals surface area contributed by atoms with Gasteiger partial charge in [0.25, 0.3) is 0 Å². The molecule has 1 heterocycles. The van der Waals surface area contributed by atoms with E-state index in [4.69, 9.17) is 4.74 Å². The molecule has 5 nitrogen and oxygen atoms in total. The second kappa shape index (κ2) is 5.80. The minimum atomic E-state index is -0.827. The zero-order valence-electron chi connectivity index (χ0n) is 12.5. The fourth-order valence-corrected chi connectivity index (χ4v) is 2.52. The Morgan fingerprint density at radius 1 is 1.32 bits per heavy atom. The number of piperidine rings is 1. The third-order valence-electron chi connectivity index (χ3n) is 3.49. The molecule has 0 radical (unpaired) electrons. The second-order valence-electron chi connectivity index (χ2n) is 6.57. The van der Waals surface area contributed by atoms with Crippen LogP contribution >= 0.6 is 0 Å². The summed E-state index contributed by atoms with van der Waals surface area (Å²) < 4.78 is 5.30. The first kappa shape index (κ1) is 15.8. The third-order valence-corrected chi connectivity index (χ3v) is 3.49. The number of amides is 1. The minimum absolute atomic E-state index is 0.121. The Bertz CT molecular complexity index is 346. The molecule has 110 valence electrons. The van der Waals surface area contributed by atoms with E-state index in [9.17, 15) is 14.7 Å². The Hall–Kier alpha value is -1.26. The molecular formula is C14H25NO4. The Labute approximate surface area is 114 Å². The Kier molecular flexibility index (Phi) is 4.82. The molecular weight excluding hydrogens is 246 g/mol. The van der Waals surface area contributed by atoms with Gasteiger partial charge in [-0.05, 0) is 39.0 Å². The van der Waals surface area contributed by atoms with Crippen LogP contribution < -0.4 is 0 Å². The average molecular weight is 271 g/mol. The molecule has 0 saturated carbocycles. The van der Waals surface area contributed by atoms with Gasteiger partial charge in [0.2, 0.25) is 0 Å². The lowest BCUT2D eigenvalue weighted by Gasteiger charge is -2.38. The molecule has 1 rings (SSSR count). The molecule has 19 heavy (non-hydrogen) atoms. The summed E-state index contributed by atoms with van der Waals surface area (Å²) >= 11 is 0. The van der Waals surface area contributed by atoms with Gasteiger partial charge in [-0.2, -0.15) is 0 Å². The Morgan fingerprint density at radius 2 is 1.89 bits per heavy atom. The van der Waals surface area contributed by atoms with Crippen LogP contribution in [-0.4, -0.2) is 40.8 Å². The first-order chi connectivity index (χ1) is 8.61. The highest BCUT2D eigenvalue weighted by molar-refractivity contribution is 5.73. The molecule has 0 aromatic rings. The van der Waals surface area contributed by atoms with Crippen molar-refractivity contribution in [3.63, 3.8) is 0 Å². The molecule has 1 aliphatic rings. The van der Waals surface area contributed by atoms with Gasteiger partial charge in [0.05, 0.1) is 5.92 Å². The smallest absolute Gasteiger partial charge is 0.410 e. The summed E-state index contributed by atoms with van der Waals surface area (Å²) in [6, 6.07) is 0. The number of nitrogens with zero attached hydrogens (tertiary/aromatic N) is 1. The molecule has 1 amide bonds. The molecule has 0 spiro atoms. The average Bonchev–Trinajstić information content (AvgIpc) is 2.25. The van der Waals surface area contributed by atoms with Crippen molar-refractivity contribution in [1.29, 1.82) is 0 Å². The largest absolute Gasteiger partial charge is 0.481 e. The predicted molar refractivity (Wildman–Crippen MR) is 71.9 cm³/mol. The number of carbonyl (C=O) groups excluding carboxylic acids is 1. The zero-order chi connectivity index (χ0) is 14.8. The lowest BCUT2D eigenvalue weighted by molar-refractivity contribution is -0.146. The first-order valence-corrected chi connectivity index (χ1v) is 6.82. The molecule has 1 N–H and O–H groups in total. The molecule has 0 bridgehead atoms. The number of carboxylic acids is 1. The van der Waals surface area contributed by atoms with E-state index in [1.54, 1.807) is 20.8 Å². The van der Waals surface area contributed by atoms with Gasteiger partial charge in [-0.15, -0.1) is 0 Å². The van der Waals surface area contributed by atoms with E-state index in [0.29, 0.717) is 18.9 Å². The monoisotopic (exact) mass is 271 g/mol. The van der Waals surface area contributed by atoms with Crippen molar-refractivity contribution in [2.24, 2.45) is 17.8 Å². The van der Waals surface area contributed by atoms with Gasteiger partial charge < -0.3 is 14.7 Å². The van der Waals surface area contributed by atoms with Crippen LogP contribution in [0.2, 0.25) is 0 Å². The summed E-state index contributed by atoms with van der Waals surface area (Å²) in [5.74, 6) is -0.897. The maximum absolute atomic E-state index is 12.0. The van der Waals surface area contributed by atoms with Crippen LogP contribution in [0.15, 0.2) is 0 Å². The number of hydrogen-bond donors (Lipinski definition) is 1. The van der Waals surface area contributed by atoms with E-state index in [1.807, 2.05) is 13.8 Å². The van der Waals surface area contributed by atoms with E-state index in [0.717, 1.165) is 0 Å². The molecule has 0 aromatic heterocycles. The molecule has 0 aromatic carbocycles. The van der Waals surface area contributed by atoms with Gasteiger partial charge in [0, 0.05) is 13.1 Å². The molecule has 0 unspecified atom stereocenters. The number of carbonyl (C=O) groups is 2. The van der Waals surface area contributed by atoms with Crippen LogP contribution in [0.4, 0.5) is 4.79 Å². The normalized spacial score (nSPS) is 24.4. The van der Waals surface area contributed by atoms with Crippen LogP contribution in [0.3, 0.4) is 0 Å². The number of ether oxygens (including phenoxy) is 1. The Balaban J connectivity index is 2.71. The van der Waals surface area contributed by atoms with Crippen molar-refractivity contribution in [1.82, 2.24) is 4.90 Å². The van der Waals surface area contributed by atoms with Gasteiger partial charge in [0.15, 0.2) is 0 Å². The summed E-state index contributed by atoms with van der Waals surface area (Å²) in [6.07, 6.45) is 0.300. The molecule has 5 heteroatoms. The lowest BCUT2D eigenvalue weighted by Crippen LogP contribution is -2.49. The number of carboxylic acid groups (broad SMARTS) is 1. The van der Waals surface area contributed by atoms with Crippen molar-refractivity contribution < 1.29 is 19.4 Å². The van der Waals surface area contributed by atoms with Crippen molar-refractivity contribution in [2.75, 3.05) is 13.1 Å². The van der Waals surface area contributed by atoms with E-state index >= 15 is 0 Å². The third kappa shape index (κ3) is 4.40. The predicted octanol–water partition coefficient (Wildman–Crippen LogP) is 2.60. The van der Waals surface area contributed by atoms with Crippen LogP contribution in [0.25, 0.3) is 0 Å². The van der Waals surface area contributed by atoms with Crippen LogP contribution in [-0.2, 0) is 9.53 Å². The number of rotatable bonds is 2. The molecule has 1 saturated heterocycles. The van der Waals surface area contributed by atoms with Crippen molar-refractivity contribution >= 4 is 12.1 Å². The SMILES string of the molecule is CC(C)[C@@H]1CCN(C(=O)OC(C)(C)C)C[C@@H]1C(=O)O. The summed E-state index contributed by atoms with van der Waals surface area (Å²) in [7, 11) is 0. The van der Waals surface area contributed by atoms with E-state index in [1.165, 1.54) is 4.90 Å². The minimum Gasteiger partial charge on any atom is -0.481 e. The maximum Gasteiger partial charge on any atom is 0.410 e. The molecule has 2 atom stereocenters. The van der Waals surface area contributed by atoms with Gasteiger partial charge in [-0.3, -0.25) is 4.79 Å². The highest BCUT2D eigenvalue weighted by atomic mass is 16.6. The summed E-state index contributed by atoms with van der Waals surface area (Å²) in [5.41, 5.74) is -0.551. The van der Waals surface area contributed by atoms with Crippen molar-refractivity contribution in [3.05, 3.63) is 0 Å². The van der Waals surface area contributed by atoms with Gasteiger partial charge >= 0.3 is 12.1 Å². The van der Waals surface area contributed by atoms with Crippen LogP contribution in [0.5, 0.6) is 0 Å². The van der Waals surface area contributed by atoms with Crippen molar-refractivity contribution in [3.8, 4) is 0 Å². The van der Waals surface area contributed by atoms with Gasteiger partial charge in [0.1, 0.15) is 5.60 Å². The summed E-state index contributed by atoms with van der Waals surface area (Å²) in [6.45, 7) is 10.3. The highest BCUT2D eigenvalue weighted by Gasteiger charge is 2.38. The second-order valence-corrected chi connectivity index (χ2v) is 6.57. The summed E-state index contributed by atoms with van der Waals surface area (Å²) in [4.78, 5) is 24.8. The lowest BCUT2D eigenvalue weighted by atomic mass is 9.78. The number of aliphatic carboxylic acids is 1. The topological polar surface area (TPSA) is 66.8 Å². The Morgan fingerprint density at radius 3 is 2.32 bits per heavy atom. The summed E-state index contributed by atoms with van der Waals surface area (Å²) in [5, 5.41) is 9.31. The quantitative estimate of drug-likeness (QED) is 0.838. The zero-order valence-corrected chi connectivity index (χ0v) is 12.5. The fraction of sp³-hybridized carbons (Fsp3) is 0.857. The van der Waals surface area contributed by atoms with Crippen LogP contribution in [0.1, 0.15) is 41.0 Å². The molecule has 1 fully saturated rings. The highest BCUT2D eigenvalue weighted by Crippen LogP contribution is 2.30. The fourth-order valence-electron chi connectivity index (χ4n) is 2.52. The number of hydrogen-bond acceptors (Lipinski definition) is 3. The number of likely N-dealkylation sites (tertiary alicyclic amines) is 1. The van der Waals surface area contributed by atoms with Crippen LogP contribution in [0, 0.1) is 17.8 Å². The van der Waals surface area contributed by atoms with E-state index < -0.39 is 23.6 Å². The first-order valence-electron chi connectivity index (χ1n) is 6.82. The van der Waals surface area contributed by atoms with E-state index in [2.05, 4.69) is 0 Å². The van der Waals surface area contributed by atoms with Crippen molar-refractivity contribution in [2.45, 2.75) is 46.6 Å². The molecule has 0 aliphatic carbocycles.